The van der Waals surface area contributed by atoms with Crippen molar-refractivity contribution in [2.75, 3.05) is 0 Å². The summed E-state index contributed by atoms with van der Waals surface area (Å²) in [4.78, 5) is 0. The van der Waals surface area contributed by atoms with Crippen molar-refractivity contribution in [3.8, 4) is 5.69 Å². The number of benzene rings is 1. The fourth-order valence-corrected chi connectivity index (χ4v) is 2.10. The fraction of sp³-hybridized carbons (Fsp3) is 0.250. The van der Waals surface area contributed by atoms with Crippen molar-refractivity contribution >= 4 is 23.2 Å². The van der Waals surface area contributed by atoms with Crippen molar-refractivity contribution in [1.82, 2.24) is 9.78 Å². The van der Waals surface area contributed by atoms with Crippen LogP contribution < -0.4 is 0 Å². The molecule has 0 N–H and O–H groups in total. The second kappa shape index (κ2) is 4.11. The molecule has 84 valence electrons. The van der Waals surface area contributed by atoms with Gasteiger partial charge in [0.05, 0.1) is 16.4 Å². The minimum absolute atomic E-state index is 0.609. The minimum Gasteiger partial charge on any atom is -0.236 e. The lowest BCUT2D eigenvalue weighted by molar-refractivity contribution is 0.833. The van der Waals surface area contributed by atoms with E-state index in [1.807, 2.05) is 30.7 Å². The molecule has 0 atom stereocenters. The zero-order valence-corrected chi connectivity index (χ0v) is 10.9. The maximum absolute atomic E-state index is 6.15. The second-order valence-electron chi connectivity index (χ2n) is 3.80. The number of rotatable bonds is 1. The summed E-state index contributed by atoms with van der Waals surface area (Å²) in [5.41, 5.74) is 4.16. The van der Waals surface area contributed by atoms with Crippen LogP contribution in [0.15, 0.2) is 18.2 Å². The van der Waals surface area contributed by atoms with Gasteiger partial charge in [0.2, 0.25) is 0 Å². The smallest absolute Gasteiger partial charge is 0.0836 e. The largest absolute Gasteiger partial charge is 0.236 e. The summed E-state index contributed by atoms with van der Waals surface area (Å²) in [6.07, 6.45) is 0. The van der Waals surface area contributed by atoms with Gasteiger partial charge < -0.3 is 0 Å². The van der Waals surface area contributed by atoms with Crippen molar-refractivity contribution in [3.63, 3.8) is 0 Å². The van der Waals surface area contributed by atoms with Gasteiger partial charge in [0.25, 0.3) is 0 Å². The standard InChI is InChI=1S/C12H12Cl2N2/c1-7-8(2)15-16(9(7)3)12-5-4-10(13)6-11(12)14/h4-6H,1-3H3. The molecule has 2 nitrogen and oxygen atoms in total. The Hall–Kier alpha value is -0.990. The number of aromatic nitrogens is 2. The molecule has 16 heavy (non-hydrogen) atoms. The number of halogens is 2. The van der Waals surface area contributed by atoms with Crippen LogP contribution in [0.4, 0.5) is 0 Å². The highest BCUT2D eigenvalue weighted by Crippen LogP contribution is 2.26. The van der Waals surface area contributed by atoms with E-state index in [9.17, 15) is 0 Å². The Labute approximate surface area is 105 Å². The molecule has 0 amide bonds. The van der Waals surface area contributed by atoms with Crippen LogP contribution in [-0.4, -0.2) is 9.78 Å². The van der Waals surface area contributed by atoms with Crippen LogP contribution in [0.2, 0.25) is 10.0 Å². The quantitative estimate of drug-likeness (QED) is 0.749. The number of nitrogens with zero attached hydrogens (tertiary/aromatic N) is 2. The summed E-state index contributed by atoms with van der Waals surface area (Å²) >= 11 is 12.0. The molecule has 0 bridgehead atoms. The Bertz CT molecular complexity index is 544. The lowest BCUT2D eigenvalue weighted by Gasteiger charge is -2.07. The molecule has 0 radical (unpaired) electrons. The summed E-state index contributed by atoms with van der Waals surface area (Å²) < 4.78 is 1.85. The zero-order chi connectivity index (χ0) is 11.9. The summed E-state index contributed by atoms with van der Waals surface area (Å²) in [7, 11) is 0. The van der Waals surface area contributed by atoms with Crippen LogP contribution in [0.1, 0.15) is 17.0 Å². The van der Waals surface area contributed by atoms with E-state index < -0.39 is 0 Å². The van der Waals surface area contributed by atoms with Gasteiger partial charge in [-0.05, 0) is 44.5 Å². The van der Waals surface area contributed by atoms with E-state index in [1.165, 1.54) is 5.56 Å². The maximum Gasteiger partial charge on any atom is 0.0836 e. The Kier molecular flexibility index (Phi) is 2.96. The fourth-order valence-electron chi connectivity index (χ4n) is 1.61. The van der Waals surface area contributed by atoms with Crippen LogP contribution in [0.5, 0.6) is 0 Å². The molecule has 0 saturated heterocycles. The number of hydrogen-bond donors (Lipinski definition) is 0. The van der Waals surface area contributed by atoms with Crippen LogP contribution in [0.25, 0.3) is 5.69 Å². The van der Waals surface area contributed by atoms with E-state index in [0.717, 1.165) is 17.1 Å². The summed E-state index contributed by atoms with van der Waals surface area (Å²) in [6.45, 7) is 6.07. The molecule has 1 heterocycles. The van der Waals surface area contributed by atoms with Crippen LogP contribution in [-0.2, 0) is 0 Å². The topological polar surface area (TPSA) is 17.8 Å². The molecule has 0 saturated carbocycles. The molecule has 1 aromatic carbocycles. The summed E-state index contributed by atoms with van der Waals surface area (Å²) in [5.74, 6) is 0. The Morgan fingerprint density at radius 2 is 1.81 bits per heavy atom. The van der Waals surface area contributed by atoms with Crippen molar-refractivity contribution < 1.29 is 0 Å². The van der Waals surface area contributed by atoms with Crippen LogP contribution in [0, 0.1) is 20.8 Å². The molecule has 0 aliphatic rings. The number of aryl methyl sites for hydroxylation is 1. The average molecular weight is 255 g/mol. The monoisotopic (exact) mass is 254 g/mol. The molecule has 1 aromatic heterocycles. The molecule has 2 aromatic rings. The van der Waals surface area contributed by atoms with Crippen molar-refractivity contribution in [1.29, 1.82) is 0 Å². The molecule has 0 aliphatic heterocycles. The van der Waals surface area contributed by atoms with Gasteiger partial charge in [-0.15, -0.1) is 0 Å². The van der Waals surface area contributed by atoms with Gasteiger partial charge in [-0.25, -0.2) is 4.68 Å². The van der Waals surface area contributed by atoms with E-state index >= 15 is 0 Å². The molecule has 4 heteroatoms. The lowest BCUT2D eigenvalue weighted by atomic mass is 10.2. The van der Waals surface area contributed by atoms with Gasteiger partial charge in [0.15, 0.2) is 0 Å². The van der Waals surface area contributed by atoms with Crippen LogP contribution in [0.3, 0.4) is 0 Å². The Morgan fingerprint density at radius 3 is 2.31 bits per heavy atom. The van der Waals surface area contributed by atoms with Crippen LogP contribution >= 0.6 is 23.2 Å². The van der Waals surface area contributed by atoms with E-state index in [0.29, 0.717) is 10.0 Å². The molecule has 2 rings (SSSR count). The van der Waals surface area contributed by atoms with E-state index in [2.05, 4.69) is 12.0 Å². The van der Waals surface area contributed by atoms with E-state index in [1.54, 1.807) is 6.07 Å². The Morgan fingerprint density at radius 1 is 1.12 bits per heavy atom. The molecular formula is C12H12Cl2N2. The van der Waals surface area contributed by atoms with E-state index in [-0.39, 0.29) is 0 Å². The normalized spacial score (nSPS) is 10.8. The van der Waals surface area contributed by atoms with Gasteiger partial charge >= 0.3 is 0 Å². The first-order valence-corrected chi connectivity index (χ1v) is 5.74. The molecule has 0 spiro atoms. The summed E-state index contributed by atoms with van der Waals surface area (Å²) in [5, 5.41) is 5.70. The highest BCUT2D eigenvalue weighted by molar-refractivity contribution is 6.35. The lowest BCUT2D eigenvalue weighted by Crippen LogP contribution is -1.99. The highest BCUT2D eigenvalue weighted by Gasteiger charge is 2.11. The van der Waals surface area contributed by atoms with Gasteiger partial charge in [0.1, 0.15) is 0 Å². The SMILES string of the molecule is Cc1nn(-c2ccc(Cl)cc2Cl)c(C)c1C. The average Bonchev–Trinajstić information content (AvgIpc) is 2.46. The maximum atomic E-state index is 6.15. The first kappa shape index (κ1) is 11.5. The first-order valence-electron chi connectivity index (χ1n) is 4.99. The molecule has 0 fully saturated rings. The van der Waals surface area contributed by atoms with E-state index in [4.69, 9.17) is 23.2 Å². The van der Waals surface area contributed by atoms with Gasteiger partial charge in [-0.2, -0.15) is 5.10 Å². The number of hydrogen-bond acceptors (Lipinski definition) is 1. The second-order valence-corrected chi connectivity index (χ2v) is 4.65. The van der Waals surface area contributed by atoms with Gasteiger partial charge in [-0.3, -0.25) is 0 Å². The molecule has 0 aliphatic carbocycles. The van der Waals surface area contributed by atoms with Gasteiger partial charge in [0, 0.05) is 10.7 Å². The predicted octanol–water partition coefficient (Wildman–Crippen LogP) is 4.10. The molecular weight excluding hydrogens is 243 g/mol. The predicted molar refractivity (Wildman–Crippen MR) is 67.8 cm³/mol. The summed E-state index contributed by atoms with van der Waals surface area (Å²) in [6, 6.07) is 5.42. The minimum atomic E-state index is 0.609. The van der Waals surface area contributed by atoms with Crippen molar-refractivity contribution in [3.05, 3.63) is 45.2 Å². The first-order chi connectivity index (χ1) is 7.50. The Balaban J connectivity index is 2.63. The third kappa shape index (κ3) is 1.83. The zero-order valence-electron chi connectivity index (χ0n) is 9.38. The van der Waals surface area contributed by atoms with Crippen molar-refractivity contribution in [2.24, 2.45) is 0 Å². The molecule has 0 unspecified atom stereocenters. The highest BCUT2D eigenvalue weighted by atomic mass is 35.5. The van der Waals surface area contributed by atoms with Gasteiger partial charge in [-0.1, -0.05) is 23.2 Å². The van der Waals surface area contributed by atoms with Crippen molar-refractivity contribution in [2.45, 2.75) is 20.8 Å². The third-order valence-corrected chi connectivity index (χ3v) is 3.33. The third-order valence-electron chi connectivity index (χ3n) is 2.79.